The fourth-order valence-electron chi connectivity index (χ4n) is 1.65. The van der Waals surface area contributed by atoms with Crippen molar-refractivity contribution in [2.75, 3.05) is 13.1 Å². The van der Waals surface area contributed by atoms with Crippen LogP contribution in [-0.2, 0) is 0 Å². The molecular weight excluding hydrogens is 152 g/mol. The summed E-state index contributed by atoms with van der Waals surface area (Å²) >= 11 is 0. The molecule has 8 N–H and O–H groups in total. The van der Waals surface area contributed by atoms with E-state index < -0.39 is 0 Å². The third-order valence-corrected chi connectivity index (χ3v) is 3.05. The molecule has 72 valence electrons. The molecule has 0 spiro atoms. The van der Waals surface area contributed by atoms with Crippen molar-refractivity contribution >= 4 is 0 Å². The van der Waals surface area contributed by atoms with Crippen molar-refractivity contribution < 1.29 is 0 Å². The largest absolute Gasteiger partial charge is 0.329 e. The SMILES string of the molecule is NCC1(N)CCC(N)(CN)CC1. The lowest BCUT2D eigenvalue weighted by molar-refractivity contribution is 0.212. The molecule has 0 heterocycles. The highest BCUT2D eigenvalue weighted by molar-refractivity contribution is 4.99. The molecule has 0 aliphatic heterocycles. The number of rotatable bonds is 2. The Kier molecular flexibility index (Phi) is 2.73. The number of nitrogens with two attached hydrogens (primary N) is 4. The zero-order valence-electron chi connectivity index (χ0n) is 7.55. The van der Waals surface area contributed by atoms with E-state index in [9.17, 15) is 0 Å². The molecule has 0 amide bonds. The molecule has 1 aliphatic rings. The van der Waals surface area contributed by atoms with Crippen molar-refractivity contribution in [3.8, 4) is 0 Å². The Morgan fingerprint density at radius 1 is 0.750 bits per heavy atom. The van der Waals surface area contributed by atoms with E-state index >= 15 is 0 Å². The maximum Gasteiger partial charge on any atom is 0.0280 e. The summed E-state index contributed by atoms with van der Waals surface area (Å²) in [6, 6.07) is 0. The Bertz CT molecular complexity index is 131. The van der Waals surface area contributed by atoms with Crippen molar-refractivity contribution in [2.45, 2.75) is 36.8 Å². The fraction of sp³-hybridized carbons (Fsp3) is 1.00. The summed E-state index contributed by atoms with van der Waals surface area (Å²) < 4.78 is 0. The van der Waals surface area contributed by atoms with Gasteiger partial charge in [0.15, 0.2) is 0 Å². The van der Waals surface area contributed by atoms with Crippen LogP contribution in [0.15, 0.2) is 0 Å². The lowest BCUT2D eigenvalue weighted by Gasteiger charge is -2.41. The molecule has 0 saturated heterocycles. The summed E-state index contributed by atoms with van der Waals surface area (Å²) in [7, 11) is 0. The summed E-state index contributed by atoms with van der Waals surface area (Å²) in [5, 5.41) is 0. The highest BCUT2D eigenvalue weighted by Gasteiger charge is 2.36. The first-order valence-electron chi connectivity index (χ1n) is 4.52. The van der Waals surface area contributed by atoms with Gasteiger partial charge in [-0.25, -0.2) is 0 Å². The maximum absolute atomic E-state index is 6.01. The van der Waals surface area contributed by atoms with E-state index in [1.807, 2.05) is 0 Å². The van der Waals surface area contributed by atoms with E-state index in [-0.39, 0.29) is 11.1 Å². The van der Waals surface area contributed by atoms with Crippen molar-refractivity contribution in [3.63, 3.8) is 0 Å². The van der Waals surface area contributed by atoms with Gasteiger partial charge in [0, 0.05) is 24.2 Å². The maximum atomic E-state index is 6.01. The molecule has 4 heteroatoms. The molecule has 0 bridgehead atoms. The summed E-state index contributed by atoms with van der Waals surface area (Å²) in [5.74, 6) is 0. The molecule has 0 aromatic rings. The monoisotopic (exact) mass is 172 g/mol. The lowest BCUT2D eigenvalue weighted by atomic mass is 9.73. The van der Waals surface area contributed by atoms with Crippen LogP contribution in [0.25, 0.3) is 0 Å². The zero-order chi connectivity index (χ0) is 9.24. The average Bonchev–Trinajstić information content (AvgIpc) is 2.11. The van der Waals surface area contributed by atoms with Crippen molar-refractivity contribution in [2.24, 2.45) is 22.9 Å². The molecule has 1 saturated carbocycles. The van der Waals surface area contributed by atoms with Gasteiger partial charge in [0.25, 0.3) is 0 Å². The minimum atomic E-state index is -0.182. The number of hydrogen-bond donors (Lipinski definition) is 4. The van der Waals surface area contributed by atoms with Crippen LogP contribution in [0.2, 0.25) is 0 Å². The van der Waals surface area contributed by atoms with E-state index in [0.717, 1.165) is 25.7 Å². The van der Waals surface area contributed by atoms with Crippen LogP contribution in [0.3, 0.4) is 0 Å². The van der Waals surface area contributed by atoms with E-state index in [0.29, 0.717) is 13.1 Å². The van der Waals surface area contributed by atoms with Crippen molar-refractivity contribution in [3.05, 3.63) is 0 Å². The van der Waals surface area contributed by atoms with Crippen LogP contribution in [0, 0.1) is 0 Å². The summed E-state index contributed by atoms with van der Waals surface area (Å²) in [4.78, 5) is 0. The minimum Gasteiger partial charge on any atom is -0.329 e. The zero-order valence-corrected chi connectivity index (χ0v) is 7.55. The van der Waals surface area contributed by atoms with Gasteiger partial charge in [-0.15, -0.1) is 0 Å². The van der Waals surface area contributed by atoms with E-state index in [1.54, 1.807) is 0 Å². The molecule has 1 rings (SSSR count). The predicted octanol–water partition coefficient (Wildman–Crippen LogP) is -1.13. The molecule has 12 heavy (non-hydrogen) atoms. The Balaban J connectivity index is 2.49. The summed E-state index contributed by atoms with van der Waals surface area (Å²) in [5.41, 5.74) is 22.8. The third-order valence-electron chi connectivity index (χ3n) is 3.05. The Hall–Kier alpha value is -0.160. The van der Waals surface area contributed by atoms with Crippen molar-refractivity contribution in [1.29, 1.82) is 0 Å². The first-order valence-corrected chi connectivity index (χ1v) is 4.52. The Morgan fingerprint density at radius 3 is 1.17 bits per heavy atom. The highest BCUT2D eigenvalue weighted by atomic mass is 14.9. The first kappa shape index (κ1) is 9.92. The second kappa shape index (κ2) is 3.30. The molecule has 0 atom stereocenters. The minimum absolute atomic E-state index is 0.182. The second-order valence-electron chi connectivity index (χ2n) is 4.13. The predicted molar refractivity (Wildman–Crippen MR) is 50.4 cm³/mol. The normalized spacial score (nSPS) is 43.0. The Morgan fingerprint density at radius 2 is 1.00 bits per heavy atom. The Labute approximate surface area is 73.6 Å². The molecule has 4 nitrogen and oxygen atoms in total. The molecule has 1 aliphatic carbocycles. The van der Waals surface area contributed by atoms with Gasteiger partial charge in [0.2, 0.25) is 0 Å². The van der Waals surface area contributed by atoms with E-state index in [1.165, 1.54) is 0 Å². The molecule has 0 aromatic carbocycles. The highest BCUT2D eigenvalue weighted by Crippen LogP contribution is 2.30. The van der Waals surface area contributed by atoms with Gasteiger partial charge in [-0.1, -0.05) is 0 Å². The second-order valence-corrected chi connectivity index (χ2v) is 4.13. The third kappa shape index (κ3) is 1.95. The standard InChI is InChI=1S/C8H20N4/c9-5-7(11)1-2-8(12,6-10)4-3-7/h1-6,9-12H2. The summed E-state index contributed by atoms with van der Waals surface area (Å²) in [6.45, 7) is 1.10. The molecule has 0 aromatic heterocycles. The first-order chi connectivity index (χ1) is 5.54. The van der Waals surface area contributed by atoms with Gasteiger partial charge < -0.3 is 22.9 Å². The average molecular weight is 172 g/mol. The number of hydrogen-bond acceptors (Lipinski definition) is 4. The molecule has 1 fully saturated rings. The van der Waals surface area contributed by atoms with Crippen LogP contribution in [0.5, 0.6) is 0 Å². The van der Waals surface area contributed by atoms with Gasteiger partial charge in [-0.2, -0.15) is 0 Å². The molecule has 0 radical (unpaired) electrons. The fourth-order valence-corrected chi connectivity index (χ4v) is 1.65. The lowest BCUT2D eigenvalue weighted by Crippen LogP contribution is -2.58. The van der Waals surface area contributed by atoms with Gasteiger partial charge in [0.1, 0.15) is 0 Å². The summed E-state index contributed by atoms with van der Waals surface area (Å²) in [6.07, 6.45) is 3.60. The van der Waals surface area contributed by atoms with Gasteiger partial charge in [-0.05, 0) is 25.7 Å². The smallest absolute Gasteiger partial charge is 0.0280 e. The molecule has 0 unspecified atom stereocenters. The van der Waals surface area contributed by atoms with Crippen LogP contribution >= 0.6 is 0 Å². The quantitative estimate of drug-likeness (QED) is 0.423. The van der Waals surface area contributed by atoms with E-state index in [2.05, 4.69) is 0 Å². The van der Waals surface area contributed by atoms with Crippen LogP contribution < -0.4 is 22.9 Å². The van der Waals surface area contributed by atoms with Crippen LogP contribution in [0.1, 0.15) is 25.7 Å². The van der Waals surface area contributed by atoms with Crippen LogP contribution in [-0.4, -0.2) is 24.2 Å². The van der Waals surface area contributed by atoms with Crippen LogP contribution in [0.4, 0.5) is 0 Å². The van der Waals surface area contributed by atoms with Gasteiger partial charge >= 0.3 is 0 Å². The van der Waals surface area contributed by atoms with E-state index in [4.69, 9.17) is 22.9 Å². The van der Waals surface area contributed by atoms with Gasteiger partial charge in [0.05, 0.1) is 0 Å². The molecular formula is C8H20N4. The van der Waals surface area contributed by atoms with Crippen molar-refractivity contribution in [1.82, 2.24) is 0 Å². The topological polar surface area (TPSA) is 104 Å². The van der Waals surface area contributed by atoms with Gasteiger partial charge in [-0.3, -0.25) is 0 Å².